The summed E-state index contributed by atoms with van der Waals surface area (Å²) >= 11 is 6.11. The zero-order valence-corrected chi connectivity index (χ0v) is 12.8. The van der Waals surface area contributed by atoms with Gasteiger partial charge in [0.05, 0.1) is 23.6 Å². The van der Waals surface area contributed by atoms with Crippen LogP contribution in [0.2, 0.25) is 5.02 Å². The van der Waals surface area contributed by atoms with E-state index in [1.807, 2.05) is 0 Å². The van der Waals surface area contributed by atoms with E-state index in [0.29, 0.717) is 18.1 Å². The topological polar surface area (TPSA) is 86.3 Å². The third-order valence-electron chi connectivity index (χ3n) is 4.73. The maximum Gasteiger partial charge on any atom is 0.211 e. The number of nitrogens with one attached hydrogen (secondary N) is 1. The van der Waals surface area contributed by atoms with Gasteiger partial charge in [0.1, 0.15) is 0 Å². The van der Waals surface area contributed by atoms with Crippen molar-refractivity contribution in [1.29, 1.82) is 0 Å². The van der Waals surface area contributed by atoms with Gasteiger partial charge in [0.2, 0.25) is 10.0 Å². The second-order valence-electron chi connectivity index (χ2n) is 5.90. The SMILES string of the molecule is CS(=O)(=O)N1C[C@@H]2[C@H](C1)[C@]2(O)c1cc(Cl)cc2[nH]ncc12. The number of fused-ring (bicyclic) bond motifs is 2. The van der Waals surface area contributed by atoms with Crippen molar-refractivity contribution in [2.45, 2.75) is 5.60 Å². The Kier molecular flexibility index (Phi) is 2.56. The van der Waals surface area contributed by atoms with Crippen LogP contribution in [-0.4, -0.2) is 47.4 Å². The number of sulfonamides is 1. The highest BCUT2D eigenvalue weighted by atomic mass is 35.5. The van der Waals surface area contributed by atoms with Crippen LogP contribution >= 0.6 is 11.6 Å². The lowest BCUT2D eigenvalue weighted by Crippen LogP contribution is -2.34. The predicted octanol–water partition coefficient (Wildman–Crippen LogP) is 0.925. The van der Waals surface area contributed by atoms with Crippen LogP contribution in [0.15, 0.2) is 18.3 Å². The number of halogens is 1. The Labute approximate surface area is 126 Å². The van der Waals surface area contributed by atoms with Crippen molar-refractivity contribution in [3.8, 4) is 0 Å². The molecule has 2 aliphatic rings. The van der Waals surface area contributed by atoms with Crippen LogP contribution in [0.5, 0.6) is 0 Å². The van der Waals surface area contributed by atoms with Gasteiger partial charge in [-0.15, -0.1) is 0 Å². The monoisotopic (exact) mass is 327 g/mol. The minimum Gasteiger partial charge on any atom is -0.384 e. The largest absolute Gasteiger partial charge is 0.384 e. The first-order valence-electron chi connectivity index (χ1n) is 6.62. The zero-order valence-electron chi connectivity index (χ0n) is 11.2. The lowest BCUT2D eigenvalue weighted by Gasteiger charge is -2.22. The maximum absolute atomic E-state index is 11.6. The van der Waals surface area contributed by atoms with Crippen molar-refractivity contribution in [2.24, 2.45) is 11.8 Å². The fourth-order valence-corrected chi connectivity index (χ4v) is 4.67. The summed E-state index contributed by atoms with van der Waals surface area (Å²) in [5.41, 5.74) is 0.506. The highest BCUT2D eigenvalue weighted by Gasteiger charge is 2.70. The number of hydrogen-bond donors (Lipinski definition) is 2. The summed E-state index contributed by atoms with van der Waals surface area (Å²) < 4.78 is 24.6. The van der Waals surface area contributed by atoms with Crippen LogP contribution in [-0.2, 0) is 15.6 Å². The van der Waals surface area contributed by atoms with Gasteiger partial charge >= 0.3 is 0 Å². The first-order chi connectivity index (χ1) is 9.81. The number of aromatic amines is 1. The molecule has 21 heavy (non-hydrogen) atoms. The molecule has 0 spiro atoms. The van der Waals surface area contributed by atoms with Crippen LogP contribution in [0.4, 0.5) is 0 Å². The van der Waals surface area contributed by atoms with Gasteiger partial charge in [0.25, 0.3) is 0 Å². The third kappa shape index (κ3) is 1.78. The van der Waals surface area contributed by atoms with Gasteiger partial charge in [0.15, 0.2) is 0 Å². The van der Waals surface area contributed by atoms with E-state index in [1.54, 1.807) is 18.3 Å². The maximum atomic E-state index is 11.6. The molecule has 112 valence electrons. The lowest BCUT2D eigenvalue weighted by molar-refractivity contribution is 0.0993. The summed E-state index contributed by atoms with van der Waals surface area (Å²) in [7, 11) is -3.20. The molecule has 6 nitrogen and oxygen atoms in total. The molecule has 1 aromatic heterocycles. The van der Waals surface area contributed by atoms with Crippen LogP contribution in [0.25, 0.3) is 10.9 Å². The molecule has 2 heterocycles. The van der Waals surface area contributed by atoms with Crippen LogP contribution in [0.3, 0.4) is 0 Å². The van der Waals surface area contributed by atoms with Crippen LogP contribution in [0.1, 0.15) is 5.56 Å². The molecule has 1 saturated carbocycles. The van der Waals surface area contributed by atoms with Gasteiger partial charge in [-0.3, -0.25) is 5.10 Å². The van der Waals surface area contributed by atoms with Gasteiger partial charge in [-0.1, -0.05) is 11.6 Å². The average Bonchev–Trinajstić information content (AvgIpc) is 2.83. The molecule has 8 heteroatoms. The first kappa shape index (κ1) is 13.5. The molecule has 2 fully saturated rings. The lowest BCUT2D eigenvalue weighted by atomic mass is 9.99. The standard InChI is InChI=1S/C13H14ClN3O3S/c1-21(19,20)17-5-10-11(6-17)13(10,18)9-2-7(14)3-12-8(9)4-15-16-12/h2-4,10-11,18H,5-6H2,1H3,(H,15,16)/t10-,11+,13+. The van der Waals surface area contributed by atoms with Crippen molar-refractivity contribution in [1.82, 2.24) is 14.5 Å². The summed E-state index contributed by atoms with van der Waals surface area (Å²) in [6.07, 6.45) is 2.87. The molecule has 4 rings (SSSR count). The minimum absolute atomic E-state index is 0.0798. The Morgan fingerprint density at radius 1 is 1.43 bits per heavy atom. The number of aromatic nitrogens is 2. The average molecular weight is 328 g/mol. The molecule has 0 radical (unpaired) electrons. The Hall–Kier alpha value is -1.15. The molecule has 3 atom stereocenters. The number of piperidine rings is 1. The molecule has 0 bridgehead atoms. The van der Waals surface area contributed by atoms with Crippen molar-refractivity contribution < 1.29 is 13.5 Å². The Morgan fingerprint density at radius 3 is 2.71 bits per heavy atom. The molecule has 0 amide bonds. The Balaban J connectivity index is 1.74. The third-order valence-corrected chi connectivity index (χ3v) is 6.19. The van der Waals surface area contributed by atoms with Gasteiger partial charge < -0.3 is 5.11 Å². The van der Waals surface area contributed by atoms with E-state index in [-0.39, 0.29) is 11.8 Å². The molecule has 1 saturated heterocycles. The van der Waals surface area contributed by atoms with E-state index in [1.165, 1.54) is 10.6 Å². The fraction of sp³-hybridized carbons (Fsp3) is 0.462. The highest BCUT2D eigenvalue weighted by molar-refractivity contribution is 7.88. The van der Waals surface area contributed by atoms with Crippen LogP contribution < -0.4 is 0 Å². The summed E-state index contributed by atoms with van der Waals surface area (Å²) in [5, 5.41) is 19.2. The van der Waals surface area contributed by atoms with Gasteiger partial charge in [-0.25, -0.2) is 12.7 Å². The summed E-state index contributed by atoms with van der Waals surface area (Å²) in [6, 6.07) is 3.51. The number of rotatable bonds is 2. The number of H-pyrrole nitrogens is 1. The van der Waals surface area contributed by atoms with Crippen molar-refractivity contribution >= 4 is 32.5 Å². The molecule has 2 aromatic rings. The number of hydrogen-bond acceptors (Lipinski definition) is 4. The highest BCUT2D eigenvalue weighted by Crippen LogP contribution is 2.63. The van der Waals surface area contributed by atoms with E-state index in [9.17, 15) is 13.5 Å². The molecular weight excluding hydrogens is 314 g/mol. The quantitative estimate of drug-likeness (QED) is 0.859. The molecule has 0 unspecified atom stereocenters. The first-order valence-corrected chi connectivity index (χ1v) is 8.85. The normalized spacial score (nSPS) is 32.5. The van der Waals surface area contributed by atoms with E-state index in [4.69, 9.17) is 11.6 Å². The van der Waals surface area contributed by atoms with Crippen molar-refractivity contribution in [2.75, 3.05) is 19.3 Å². The van der Waals surface area contributed by atoms with Crippen LogP contribution in [0, 0.1) is 11.8 Å². The summed E-state index contributed by atoms with van der Waals surface area (Å²) in [5.74, 6) is -0.160. The van der Waals surface area contributed by atoms with Gasteiger partial charge in [-0.05, 0) is 17.7 Å². The van der Waals surface area contributed by atoms with E-state index >= 15 is 0 Å². The zero-order chi connectivity index (χ0) is 15.0. The molecular formula is C13H14ClN3O3S. The summed E-state index contributed by atoms with van der Waals surface area (Å²) in [4.78, 5) is 0. The smallest absolute Gasteiger partial charge is 0.211 e. The fourth-order valence-electron chi connectivity index (χ4n) is 3.59. The molecule has 1 aromatic carbocycles. The number of benzene rings is 1. The molecule has 1 aliphatic heterocycles. The second-order valence-corrected chi connectivity index (χ2v) is 8.32. The molecule has 2 N–H and O–H groups in total. The second kappa shape index (κ2) is 3.98. The summed E-state index contributed by atoms with van der Waals surface area (Å²) in [6.45, 7) is 0.706. The van der Waals surface area contributed by atoms with E-state index in [2.05, 4.69) is 10.2 Å². The number of nitrogens with zero attached hydrogens (tertiary/aromatic N) is 2. The number of aliphatic hydroxyl groups is 1. The van der Waals surface area contributed by atoms with E-state index in [0.717, 1.165) is 16.5 Å². The Bertz CT molecular complexity index is 835. The van der Waals surface area contributed by atoms with Crippen molar-refractivity contribution in [3.05, 3.63) is 28.9 Å². The minimum atomic E-state index is -3.20. The predicted molar refractivity (Wildman–Crippen MR) is 78.4 cm³/mol. The van der Waals surface area contributed by atoms with Gasteiger partial charge in [-0.2, -0.15) is 5.10 Å². The van der Waals surface area contributed by atoms with Crippen molar-refractivity contribution in [3.63, 3.8) is 0 Å². The van der Waals surface area contributed by atoms with E-state index < -0.39 is 15.6 Å². The Morgan fingerprint density at radius 2 is 2.10 bits per heavy atom. The molecule has 1 aliphatic carbocycles. The van der Waals surface area contributed by atoms with Gasteiger partial charge in [0, 0.05) is 35.3 Å².